The SMILES string of the molecule is CCCC1CNC(C)(C)CN1Cc1ccc(Cl)cc1Cl. The van der Waals surface area contributed by atoms with Crippen LogP contribution in [0.25, 0.3) is 0 Å². The molecule has 4 heteroatoms. The maximum Gasteiger partial charge on any atom is 0.0465 e. The fourth-order valence-electron chi connectivity index (χ4n) is 2.89. The Balaban J connectivity index is 2.14. The lowest BCUT2D eigenvalue weighted by molar-refractivity contribution is 0.0827. The van der Waals surface area contributed by atoms with Crippen molar-refractivity contribution in [3.63, 3.8) is 0 Å². The normalized spacial score (nSPS) is 22.9. The van der Waals surface area contributed by atoms with Crippen LogP contribution in [0.4, 0.5) is 0 Å². The summed E-state index contributed by atoms with van der Waals surface area (Å²) in [7, 11) is 0. The predicted octanol–water partition coefficient (Wildman–Crippen LogP) is 4.35. The number of rotatable bonds is 4. The highest BCUT2D eigenvalue weighted by Gasteiger charge is 2.32. The minimum absolute atomic E-state index is 0.156. The zero-order valence-electron chi connectivity index (χ0n) is 12.5. The van der Waals surface area contributed by atoms with Gasteiger partial charge in [-0.25, -0.2) is 0 Å². The van der Waals surface area contributed by atoms with E-state index in [2.05, 4.69) is 31.0 Å². The third kappa shape index (κ3) is 4.11. The van der Waals surface area contributed by atoms with Gasteiger partial charge in [-0.15, -0.1) is 0 Å². The molecule has 0 aliphatic carbocycles. The third-order valence-corrected chi connectivity index (χ3v) is 4.53. The lowest BCUT2D eigenvalue weighted by Crippen LogP contribution is -2.61. The monoisotopic (exact) mass is 314 g/mol. The standard InChI is InChI=1S/C16H24Cl2N2/c1-4-5-14-9-19-16(2,3)11-20(14)10-12-6-7-13(17)8-15(12)18/h6-8,14,19H,4-5,9-11H2,1-3H3. The highest BCUT2D eigenvalue weighted by atomic mass is 35.5. The smallest absolute Gasteiger partial charge is 0.0465 e. The van der Waals surface area contributed by atoms with Crippen molar-refractivity contribution in [1.82, 2.24) is 10.2 Å². The van der Waals surface area contributed by atoms with E-state index in [0.717, 1.165) is 30.2 Å². The predicted molar refractivity (Wildman–Crippen MR) is 87.6 cm³/mol. The molecule has 0 saturated carbocycles. The molecule has 1 aliphatic rings. The van der Waals surface area contributed by atoms with Crippen LogP contribution in [-0.2, 0) is 6.54 Å². The number of nitrogens with one attached hydrogen (secondary N) is 1. The summed E-state index contributed by atoms with van der Waals surface area (Å²) >= 11 is 12.3. The van der Waals surface area contributed by atoms with Gasteiger partial charge < -0.3 is 5.32 Å². The van der Waals surface area contributed by atoms with Crippen LogP contribution in [-0.4, -0.2) is 29.6 Å². The highest BCUT2D eigenvalue weighted by molar-refractivity contribution is 6.35. The van der Waals surface area contributed by atoms with E-state index in [-0.39, 0.29) is 5.54 Å². The van der Waals surface area contributed by atoms with Crippen molar-refractivity contribution < 1.29 is 0 Å². The third-order valence-electron chi connectivity index (χ3n) is 3.94. The molecule has 112 valence electrons. The maximum absolute atomic E-state index is 6.32. The van der Waals surface area contributed by atoms with Gasteiger partial charge in [0.05, 0.1) is 0 Å². The van der Waals surface area contributed by atoms with Gasteiger partial charge in [-0.2, -0.15) is 0 Å². The Morgan fingerprint density at radius 3 is 2.75 bits per heavy atom. The Morgan fingerprint density at radius 2 is 2.10 bits per heavy atom. The lowest BCUT2D eigenvalue weighted by atomic mass is 9.96. The van der Waals surface area contributed by atoms with E-state index >= 15 is 0 Å². The molecule has 0 aromatic heterocycles. The quantitative estimate of drug-likeness (QED) is 0.889. The maximum atomic E-state index is 6.32. The van der Waals surface area contributed by atoms with Crippen LogP contribution < -0.4 is 5.32 Å². The van der Waals surface area contributed by atoms with Crippen LogP contribution in [0.5, 0.6) is 0 Å². The average Bonchev–Trinajstić information content (AvgIpc) is 2.36. The molecule has 1 saturated heterocycles. The largest absolute Gasteiger partial charge is 0.309 e. The second-order valence-electron chi connectivity index (χ2n) is 6.35. The van der Waals surface area contributed by atoms with Gasteiger partial charge in [-0.05, 0) is 38.0 Å². The molecule has 0 spiro atoms. The van der Waals surface area contributed by atoms with Crippen molar-refractivity contribution in [1.29, 1.82) is 0 Å². The number of nitrogens with zero attached hydrogens (tertiary/aromatic N) is 1. The molecule has 1 aromatic carbocycles. The van der Waals surface area contributed by atoms with E-state index in [1.807, 2.05) is 18.2 Å². The molecular formula is C16H24Cl2N2. The Labute approximate surface area is 132 Å². The Hall–Kier alpha value is -0.280. The van der Waals surface area contributed by atoms with Crippen LogP contribution in [0.15, 0.2) is 18.2 Å². The van der Waals surface area contributed by atoms with E-state index in [4.69, 9.17) is 23.2 Å². The molecule has 0 bridgehead atoms. The van der Waals surface area contributed by atoms with Gasteiger partial charge in [-0.3, -0.25) is 4.90 Å². The summed E-state index contributed by atoms with van der Waals surface area (Å²) in [5, 5.41) is 5.10. The summed E-state index contributed by atoms with van der Waals surface area (Å²) in [6.07, 6.45) is 2.42. The summed E-state index contributed by atoms with van der Waals surface area (Å²) in [6.45, 7) is 9.74. The van der Waals surface area contributed by atoms with Crippen molar-refractivity contribution in [2.45, 2.75) is 51.7 Å². The number of benzene rings is 1. The molecule has 1 aromatic rings. The molecule has 0 radical (unpaired) electrons. The van der Waals surface area contributed by atoms with Crippen LogP contribution in [0, 0.1) is 0 Å². The van der Waals surface area contributed by atoms with E-state index < -0.39 is 0 Å². The molecule has 20 heavy (non-hydrogen) atoms. The first-order valence-corrected chi connectivity index (χ1v) is 8.10. The van der Waals surface area contributed by atoms with E-state index in [1.165, 1.54) is 12.8 Å². The Morgan fingerprint density at radius 1 is 1.35 bits per heavy atom. The van der Waals surface area contributed by atoms with Gasteiger partial charge in [-0.1, -0.05) is 42.6 Å². The Bertz CT molecular complexity index is 460. The van der Waals surface area contributed by atoms with E-state index in [0.29, 0.717) is 11.1 Å². The second-order valence-corrected chi connectivity index (χ2v) is 7.19. The molecule has 1 heterocycles. The van der Waals surface area contributed by atoms with Gasteiger partial charge >= 0.3 is 0 Å². The summed E-state index contributed by atoms with van der Waals surface area (Å²) in [5.41, 5.74) is 1.32. The van der Waals surface area contributed by atoms with Gasteiger partial charge in [0.1, 0.15) is 0 Å². The first kappa shape index (κ1) is 16.1. The second kappa shape index (κ2) is 6.65. The van der Waals surface area contributed by atoms with Crippen LogP contribution in [0.1, 0.15) is 39.2 Å². The van der Waals surface area contributed by atoms with Gasteiger partial charge in [0.15, 0.2) is 0 Å². The molecule has 1 N–H and O–H groups in total. The molecular weight excluding hydrogens is 291 g/mol. The van der Waals surface area contributed by atoms with Crippen molar-refractivity contribution in [2.75, 3.05) is 13.1 Å². The van der Waals surface area contributed by atoms with Crippen molar-refractivity contribution in [2.24, 2.45) is 0 Å². The molecule has 0 amide bonds. The van der Waals surface area contributed by atoms with E-state index in [9.17, 15) is 0 Å². The van der Waals surface area contributed by atoms with Crippen LogP contribution in [0.3, 0.4) is 0 Å². The fraction of sp³-hybridized carbons (Fsp3) is 0.625. The summed E-state index contributed by atoms with van der Waals surface area (Å²) < 4.78 is 0. The van der Waals surface area contributed by atoms with Gasteiger partial charge in [0, 0.05) is 41.3 Å². The Kier molecular flexibility index (Phi) is 5.36. The molecule has 2 rings (SSSR count). The van der Waals surface area contributed by atoms with Crippen molar-refractivity contribution >= 4 is 23.2 Å². The number of hydrogen-bond donors (Lipinski definition) is 1. The van der Waals surface area contributed by atoms with E-state index in [1.54, 1.807) is 0 Å². The first-order chi connectivity index (χ1) is 9.41. The topological polar surface area (TPSA) is 15.3 Å². The number of piperazine rings is 1. The lowest BCUT2D eigenvalue weighted by Gasteiger charge is -2.45. The number of hydrogen-bond acceptors (Lipinski definition) is 2. The fourth-order valence-corrected chi connectivity index (χ4v) is 3.36. The zero-order chi connectivity index (χ0) is 14.8. The summed E-state index contributed by atoms with van der Waals surface area (Å²) in [6, 6.07) is 6.38. The van der Waals surface area contributed by atoms with Crippen LogP contribution >= 0.6 is 23.2 Å². The summed E-state index contributed by atoms with van der Waals surface area (Å²) in [5.74, 6) is 0. The number of halogens is 2. The molecule has 1 fully saturated rings. The minimum Gasteiger partial charge on any atom is -0.309 e. The van der Waals surface area contributed by atoms with Gasteiger partial charge in [0.2, 0.25) is 0 Å². The molecule has 1 aliphatic heterocycles. The van der Waals surface area contributed by atoms with Crippen LogP contribution in [0.2, 0.25) is 10.0 Å². The molecule has 1 unspecified atom stereocenters. The summed E-state index contributed by atoms with van der Waals surface area (Å²) in [4.78, 5) is 2.55. The zero-order valence-corrected chi connectivity index (χ0v) is 14.1. The molecule has 1 atom stereocenters. The van der Waals surface area contributed by atoms with Crippen molar-refractivity contribution in [3.8, 4) is 0 Å². The minimum atomic E-state index is 0.156. The average molecular weight is 315 g/mol. The van der Waals surface area contributed by atoms with Gasteiger partial charge in [0.25, 0.3) is 0 Å². The van der Waals surface area contributed by atoms with Crippen molar-refractivity contribution in [3.05, 3.63) is 33.8 Å². The highest BCUT2D eigenvalue weighted by Crippen LogP contribution is 2.26. The molecule has 2 nitrogen and oxygen atoms in total. The first-order valence-electron chi connectivity index (χ1n) is 7.34.